The maximum atomic E-state index is 6.35. The first-order valence-electron chi connectivity index (χ1n) is 11.3. The van der Waals surface area contributed by atoms with Crippen LogP contribution in [0.5, 0.6) is 0 Å². The monoisotopic (exact) mass is 417 g/mol. The van der Waals surface area contributed by atoms with Crippen LogP contribution >= 0.6 is 11.6 Å². The van der Waals surface area contributed by atoms with Crippen molar-refractivity contribution in [2.24, 2.45) is 16.3 Å². The summed E-state index contributed by atoms with van der Waals surface area (Å²) in [5.41, 5.74) is 0.334. The van der Waals surface area contributed by atoms with Gasteiger partial charge in [0.25, 0.3) is 0 Å². The van der Waals surface area contributed by atoms with Crippen molar-refractivity contribution in [2.75, 3.05) is 31.1 Å². The lowest BCUT2D eigenvalue weighted by Gasteiger charge is -2.57. The average Bonchev–Trinajstić information content (AvgIpc) is 3.46. The summed E-state index contributed by atoms with van der Waals surface area (Å²) in [6, 6.07) is 4.64. The van der Waals surface area contributed by atoms with Crippen molar-refractivity contribution in [3.8, 4) is 0 Å². The number of guanidine groups is 1. The second-order valence-corrected chi connectivity index (χ2v) is 9.42. The Balaban J connectivity index is 1.25. The highest BCUT2D eigenvalue weighted by Gasteiger charge is 2.65. The fraction of sp³-hybridized carbons (Fsp3) is 0.727. The van der Waals surface area contributed by atoms with Gasteiger partial charge < -0.3 is 20.3 Å². The van der Waals surface area contributed by atoms with Crippen LogP contribution in [-0.4, -0.2) is 55.4 Å². The maximum absolute atomic E-state index is 6.35. The van der Waals surface area contributed by atoms with Crippen molar-refractivity contribution in [3.05, 3.63) is 23.4 Å². The summed E-state index contributed by atoms with van der Waals surface area (Å²) in [6.45, 7) is 5.66. The van der Waals surface area contributed by atoms with Gasteiger partial charge in [0, 0.05) is 55.9 Å². The number of fused-ring (bicyclic) bond motifs is 2. The number of ether oxygens (including phenoxy) is 1. The lowest BCUT2D eigenvalue weighted by molar-refractivity contribution is -0.125. The number of pyridine rings is 1. The van der Waals surface area contributed by atoms with E-state index in [2.05, 4.69) is 27.4 Å². The number of hydrogen-bond donors (Lipinski definition) is 2. The summed E-state index contributed by atoms with van der Waals surface area (Å²) < 4.78 is 6.14. The molecular weight excluding hydrogens is 386 g/mol. The molecule has 2 N–H and O–H groups in total. The van der Waals surface area contributed by atoms with Gasteiger partial charge in [0.2, 0.25) is 0 Å². The lowest BCUT2D eigenvalue weighted by Crippen LogP contribution is -2.69. The van der Waals surface area contributed by atoms with Gasteiger partial charge in [-0.2, -0.15) is 0 Å². The summed E-state index contributed by atoms with van der Waals surface area (Å²) >= 11 is 6.35. The molecule has 4 aliphatic rings. The molecule has 2 aliphatic carbocycles. The Labute approximate surface area is 178 Å². The van der Waals surface area contributed by atoms with Gasteiger partial charge in [-0.05, 0) is 44.7 Å². The van der Waals surface area contributed by atoms with Crippen LogP contribution < -0.4 is 15.5 Å². The highest BCUT2D eigenvalue weighted by Crippen LogP contribution is 2.60. The molecule has 3 heterocycles. The van der Waals surface area contributed by atoms with Crippen molar-refractivity contribution in [2.45, 2.75) is 63.6 Å². The Morgan fingerprint density at radius 3 is 3.00 bits per heavy atom. The molecule has 1 aromatic heterocycles. The van der Waals surface area contributed by atoms with Crippen molar-refractivity contribution in [1.29, 1.82) is 0 Å². The SMILES string of the molecule is CCN=C(NC1CCN(c2ncccc2Cl)C1)NC1C2CCOC2C12CCCC2. The van der Waals surface area contributed by atoms with E-state index >= 15 is 0 Å². The zero-order chi connectivity index (χ0) is 19.8. The number of hydrogen-bond acceptors (Lipinski definition) is 4. The number of aliphatic imine (C=N–C) groups is 1. The molecule has 4 unspecified atom stereocenters. The second-order valence-electron chi connectivity index (χ2n) is 9.01. The van der Waals surface area contributed by atoms with Crippen LogP contribution in [-0.2, 0) is 4.74 Å². The maximum Gasteiger partial charge on any atom is 0.191 e. The highest BCUT2D eigenvalue weighted by atomic mass is 35.5. The Bertz CT molecular complexity index is 765. The minimum atomic E-state index is 0.334. The van der Waals surface area contributed by atoms with Gasteiger partial charge in [0.05, 0.1) is 11.1 Å². The predicted octanol–water partition coefficient (Wildman–Crippen LogP) is 3.22. The van der Waals surface area contributed by atoms with Gasteiger partial charge in [0.15, 0.2) is 5.96 Å². The third kappa shape index (κ3) is 3.38. The van der Waals surface area contributed by atoms with Gasteiger partial charge in [-0.3, -0.25) is 4.99 Å². The van der Waals surface area contributed by atoms with E-state index in [9.17, 15) is 0 Å². The summed E-state index contributed by atoms with van der Waals surface area (Å²) in [5, 5.41) is 8.28. The van der Waals surface area contributed by atoms with Crippen LogP contribution in [0, 0.1) is 11.3 Å². The molecule has 6 nitrogen and oxygen atoms in total. The summed E-state index contributed by atoms with van der Waals surface area (Å²) in [4.78, 5) is 11.5. The van der Waals surface area contributed by atoms with E-state index in [1.807, 2.05) is 18.3 Å². The van der Waals surface area contributed by atoms with Gasteiger partial charge in [-0.25, -0.2) is 4.98 Å². The minimum absolute atomic E-state index is 0.334. The van der Waals surface area contributed by atoms with Crippen molar-refractivity contribution < 1.29 is 4.74 Å². The number of rotatable bonds is 4. The molecule has 4 fully saturated rings. The van der Waals surface area contributed by atoms with E-state index in [1.165, 1.54) is 32.1 Å². The standard InChI is InChI=1S/C22H32ClN5O/c1-2-24-21(26-15-7-12-28(14-15)20-17(23)6-5-11-25-20)27-18-16-8-13-29-19(16)22(18)9-3-4-10-22/h5-6,11,15-16,18-19H,2-4,7-10,12-14H2,1H3,(H2,24,26,27). The van der Waals surface area contributed by atoms with Crippen LogP contribution in [0.2, 0.25) is 5.02 Å². The zero-order valence-electron chi connectivity index (χ0n) is 17.2. The largest absolute Gasteiger partial charge is 0.377 e. The van der Waals surface area contributed by atoms with Crippen LogP contribution in [0.3, 0.4) is 0 Å². The van der Waals surface area contributed by atoms with Crippen molar-refractivity contribution >= 4 is 23.4 Å². The first kappa shape index (κ1) is 19.4. The Morgan fingerprint density at radius 1 is 1.34 bits per heavy atom. The summed E-state index contributed by atoms with van der Waals surface area (Å²) in [5.74, 6) is 2.49. The molecule has 29 heavy (non-hydrogen) atoms. The Kier molecular flexibility index (Phi) is 5.33. The lowest BCUT2D eigenvalue weighted by atomic mass is 9.54. The van der Waals surface area contributed by atoms with E-state index < -0.39 is 0 Å². The topological polar surface area (TPSA) is 61.8 Å². The Morgan fingerprint density at radius 2 is 2.21 bits per heavy atom. The third-order valence-corrected chi connectivity index (χ3v) is 7.76. The first-order valence-corrected chi connectivity index (χ1v) is 11.6. The molecule has 2 saturated heterocycles. The molecule has 0 amide bonds. The molecule has 7 heteroatoms. The van der Waals surface area contributed by atoms with Gasteiger partial charge in [-0.15, -0.1) is 0 Å². The van der Waals surface area contributed by atoms with Crippen molar-refractivity contribution in [3.63, 3.8) is 0 Å². The van der Waals surface area contributed by atoms with Crippen molar-refractivity contribution in [1.82, 2.24) is 15.6 Å². The van der Waals surface area contributed by atoms with Crippen LogP contribution in [0.15, 0.2) is 23.3 Å². The molecule has 0 aromatic carbocycles. The predicted molar refractivity (Wildman–Crippen MR) is 117 cm³/mol. The fourth-order valence-electron chi connectivity index (χ4n) is 6.22. The van der Waals surface area contributed by atoms with E-state index in [-0.39, 0.29) is 0 Å². The number of nitrogens with one attached hydrogen (secondary N) is 2. The fourth-order valence-corrected chi connectivity index (χ4v) is 6.46. The molecule has 2 saturated carbocycles. The molecular formula is C22H32ClN5O. The molecule has 5 rings (SSSR count). The number of aromatic nitrogens is 1. The zero-order valence-corrected chi connectivity index (χ0v) is 18.0. The average molecular weight is 418 g/mol. The quantitative estimate of drug-likeness (QED) is 0.581. The van der Waals surface area contributed by atoms with E-state index in [1.54, 1.807) is 0 Å². The molecule has 4 atom stereocenters. The molecule has 2 aliphatic heterocycles. The van der Waals surface area contributed by atoms with E-state index in [4.69, 9.17) is 21.3 Å². The first-order chi connectivity index (χ1) is 14.2. The number of anilines is 1. The smallest absolute Gasteiger partial charge is 0.191 e. The van der Waals surface area contributed by atoms with E-state index in [0.717, 1.165) is 49.5 Å². The normalized spacial score (nSPS) is 33.0. The summed E-state index contributed by atoms with van der Waals surface area (Å²) in [7, 11) is 0. The van der Waals surface area contributed by atoms with Crippen LogP contribution in [0.25, 0.3) is 0 Å². The summed E-state index contributed by atoms with van der Waals surface area (Å²) in [6.07, 6.45) is 9.77. The van der Waals surface area contributed by atoms with Gasteiger partial charge in [0.1, 0.15) is 5.82 Å². The molecule has 0 radical (unpaired) electrons. The number of nitrogens with zero attached hydrogens (tertiary/aromatic N) is 3. The van der Waals surface area contributed by atoms with Crippen LogP contribution in [0.4, 0.5) is 5.82 Å². The highest BCUT2D eigenvalue weighted by molar-refractivity contribution is 6.32. The Hall–Kier alpha value is -1.53. The van der Waals surface area contributed by atoms with Gasteiger partial charge in [-0.1, -0.05) is 24.4 Å². The molecule has 1 spiro atoms. The molecule has 1 aromatic rings. The molecule has 0 bridgehead atoms. The third-order valence-electron chi connectivity index (χ3n) is 7.46. The van der Waals surface area contributed by atoms with Crippen LogP contribution in [0.1, 0.15) is 45.4 Å². The molecule has 158 valence electrons. The van der Waals surface area contributed by atoms with Gasteiger partial charge >= 0.3 is 0 Å². The minimum Gasteiger partial charge on any atom is -0.377 e. The second kappa shape index (κ2) is 7.95. The van der Waals surface area contributed by atoms with E-state index in [0.29, 0.717) is 29.5 Å². The number of halogens is 1.